The van der Waals surface area contributed by atoms with Crippen LogP contribution in [0.25, 0.3) is 11.2 Å². The molecule has 1 aliphatic rings. The Kier molecular flexibility index (Phi) is 7.22. The molecule has 1 unspecified atom stereocenters. The number of aryl methyl sites for hydroxylation is 2. The lowest BCUT2D eigenvalue weighted by atomic mass is 9.94. The highest BCUT2D eigenvalue weighted by atomic mass is 16.5. The van der Waals surface area contributed by atoms with Crippen LogP contribution in [-0.4, -0.2) is 49.2 Å². The molecule has 2 amide bonds. The van der Waals surface area contributed by atoms with Crippen molar-refractivity contribution in [3.05, 3.63) is 97.8 Å². The zero-order valence-electron chi connectivity index (χ0n) is 23.5. The largest absolute Gasteiger partial charge is 0.463 e. The highest BCUT2D eigenvalue weighted by molar-refractivity contribution is 5.95. The summed E-state index contributed by atoms with van der Waals surface area (Å²) < 4.78 is 9.32. The van der Waals surface area contributed by atoms with E-state index in [9.17, 15) is 19.2 Å². The predicted octanol–water partition coefficient (Wildman–Crippen LogP) is 2.70. The van der Waals surface area contributed by atoms with E-state index in [4.69, 9.17) is 4.74 Å². The molecule has 41 heavy (non-hydrogen) atoms. The van der Waals surface area contributed by atoms with Gasteiger partial charge in [0.1, 0.15) is 0 Å². The number of hydrogen-bond acceptors (Lipinski definition) is 7. The van der Waals surface area contributed by atoms with Crippen molar-refractivity contribution in [3.63, 3.8) is 0 Å². The van der Waals surface area contributed by atoms with Crippen LogP contribution in [0.2, 0.25) is 0 Å². The van der Waals surface area contributed by atoms with Gasteiger partial charge in [-0.1, -0.05) is 48.0 Å². The first-order valence-electron chi connectivity index (χ1n) is 13.1. The minimum absolute atomic E-state index is 0.0977. The van der Waals surface area contributed by atoms with Crippen molar-refractivity contribution in [2.24, 2.45) is 14.1 Å². The number of amides is 2. The number of fused-ring (bicyclic) bond motifs is 1. The van der Waals surface area contributed by atoms with Crippen molar-refractivity contribution in [2.75, 3.05) is 19.0 Å². The summed E-state index contributed by atoms with van der Waals surface area (Å²) in [7, 11) is 4.47. The van der Waals surface area contributed by atoms with Crippen molar-refractivity contribution in [1.29, 1.82) is 0 Å². The SMILES string of the molecule is CCOC(=O)C1=C(Cn2c(Nc3ccc(C)cc3)nc3c2c(=O)n(C)c(=O)n3C)N(C)C(=O)NC1c1ccccc1. The van der Waals surface area contributed by atoms with Crippen molar-refractivity contribution in [1.82, 2.24) is 28.9 Å². The van der Waals surface area contributed by atoms with Crippen LogP contribution >= 0.6 is 0 Å². The zero-order chi connectivity index (χ0) is 29.4. The number of nitrogens with zero attached hydrogens (tertiary/aromatic N) is 5. The van der Waals surface area contributed by atoms with Gasteiger partial charge in [-0.3, -0.25) is 23.4 Å². The molecule has 0 radical (unpaired) electrons. The normalized spacial score (nSPS) is 15.3. The number of aromatic nitrogens is 4. The summed E-state index contributed by atoms with van der Waals surface area (Å²) in [5, 5.41) is 6.13. The summed E-state index contributed by atoms with van der Waals surface area (Å²) in [5.74, 6) is -0.338. The fourth-order valence-electron chi connectivity index (χ4n) is 4.91. The zero-order valence-corrected chi connectivity index (χ0v) is 23.5. The molecule has 2 N–H and O–H groups in total. The van der Waals surface area contributed by atoms with Gasteiger partial charge >= 0.3 is 17.7 Å². The van der Waals surface area contributed by atoms with Crippen molar-refractivity contribution < 1.29 is 14.3 Å². The third-order valence-corrected chi connectivity index (χ3v) is 7.17. The monoisotopic (exact) mass is 557 g/mol. The lowest BCUT2D eigenvalue weighted by Gasteiger charge is -2.35. The second kappa shape index (κ2) is 10.8. The number of benzene rings is 2. The van der Waals surface area contributed by atoms with Crippen molar-refractivity contribution >= 4 is 34.8 Å². The van der Waals surface area contributed by atoms with Crippen molar-refractivity contribution in [3.8, 4) is 0 Å². The molecule has 0 fully saturated rings. The fourth-order valence-corrected chi connectivity index (χ4v) is 4.91. The van der Waals surface area contributed by atoms with Crippen LogP contribution in [0, 0.1) is 6.92 Å². The number of hydrogen-bond donors (Lipinski definition) is 2. The van der Waals surface area contributed by atoms with Gasteiger partial charge in [0.15, 0.2) is 11.2 Å². The Morgan fingerprint density at radius 1 is 1.00 bits per heavy atom. The van der Waals surface area contributed by atoms with Crippen LogP contribution in [-0.2, 0) is 30.2 Å². The van der Waals surface area contributed by atoms with E-state index in [1.165, 1.54) is 23.6 Å². The summed E-state index contributed by atoms with van der Waals surface area (Å²) in [5.41, 5.74) is 2.21. The number of carbonyl (C=O) groups is 2. The molecular formula is C29H31N7O5. The number of likely N-dealkylation sites (N-methyl/N-ethyl adjacent to an activating group) is 1. The first-order valence-corrected chi connectivity index (χ1v) is 13.1. The molecule has 0 saturated carbocycles. The molecule has 212 valence electrons. The van der Waals surface area contributed by atoms with Crippen LogP contribution in [0.5, 0.6) is 0 Å². The number of allylic oxidation sites excluding steroid dienone is 1. The van der Waals surface area contributed by atoms with E-state index in [2.05, 4.69) is 15.6 Å². The molecule has 0 bridgehead atoms. The molecule has 1 aliphatic heterocycles. The second-order valence-corrected chi connectivity index (χ2v) is 9.82. The van der Waals surface area contributed by atoms with E-state index in [1.807, 2.05) is 61.5 Å². The Morgan fingerprint density at radius 2 is 1.68 bits per heavy atom. The smallest absolute Gasteiger partial charge is 0.338 e. The predicted molar refractivity (Wildman–Crippen MR) is 154 cm³/mol. The highest BCUT2D eigenvalue weighted by Gasteiger charge is 2.37. The van der Waals surface area contributed by atoms with Gasteiger partial charge in [0.2, 0.25) is 5.95 Å². The maximum Gasteiger partial charge on any atom is 0.338 e. The van der Waals surface area contributed by atoms with Crippen LogP contribution in [0.1, 0.15) is 24.1 Å². The maximum atomic E-state index is 13.5. The minimum Gasteiger partial charge on any atom is -0.463 e. The van der Waals surface area contributed by atoms with Crippen LogP contribution in [0.4, 0.5) is 16.4 Å². The number of carbonyl (C=O) groups excluding carboxylic acids is 2. The van der Waals surface area contributed by atoms with Gasteiger partial charge < -0.3 is 15.4 Å². The Labute approximate surface area is 235 Å². The Balaban J connectivity index is 1.77. The standard InChI is InChI=1S/C29H31N7O5/c1-6-41-26(38)21-20(33(3)28(39)31-22(21)18-10-8-7-9-11-18)16-36-23-24(34(4)29(40)35(5)25(23)37)32-27(36)30-19-14-12-17(2)13-15-19/h7-15,22H,6,16H2,1-5H3,(H,30,32)(H,31,39). The molecule has 4 aromatic rings. The number of rotatable bonds is 7. The highest BCUT2D eigenvalue weighted by Crippen LogP contribution is 2.33. The molecule has 1 atom stereocenters. The molecule has 0 spiro atoms. The van der Waals surface area contributed by atoms with Crippen LogP contribution in [0.15, 0.2) is 75.5 Å². The van der Waals surface area contributed by atoms with Gasteiger partial charge in [-0.05, 0) is 31.5 Å². The topological polar surface area (TPSA) is 132 Å². The molecule has 12 heteroatoms. The van der Waals surface area contributed by atoms with Gasteiger partial charge in [-0.15, -0.1) is 0 Å². The van der Waals surface area contributed by atoms with Crippen LogP contribution in [0.3, 0.4) is 0 Å². The molecule has 2 aromatic heterocycles. The minimum atomic E-state index is -0.788. The second-order valence-electron chi connectivity index (χ2n) is 9.82. The summed E-state index contributed by atoms with van der Waals surface area (Å²) >= 11 is 0. The molecule has 0 saturated heterocycles. The molecule has 0 aliphatic carbocycles. The number of anilines is 2. The number of urea groups is 1. The Bertz CT molecular complexity index is 1800. The van der Waals surface area contributed by atoms with Crippen molar-refractivity contribution in [2.45, 2.75) is 26.4 Å². The number of nitrogens with one attached hydrogen (secondary N) is 2. The van der Waals surface area contributed by atoms with Gasteiger partial charge in [0.05, 0.1) is 30.5 Å². The lowest BCUT2D eigenvalue weighted by Crippen LogP contribution is -2.47. The summed E-state index contributed by atoms with van der Waals surface area (Å²) in [6.45, 7) is 3.71. The quantitative estimate of drug-likeness (QED) is 0.334. The fraction of sp³-hybridized carbons (Fsp3) is 0.276. The summed E-state index contributed by atoms with van der Waals surface area (Å²) in [6, 6.07) is 15.5. The maximum absolute atomic E-state index is 13.5. The number of esters is 1. The third-order valence-electron chi connectivity index (χ3n) is 7.17. The number of ether oxygens (including phenoxy) is 1. The lowest BCUT2D eigenvalue weighted by molar-refractivity contribution is -0.139. The molecule has 12 nitrogen and oxygen atoms in total. The molecule has 2 aromatic carbocycles. The summed E-state index contributed by atoms with van der Waals surface area (Å²) in [6.07, 6.45) is 0. The van der Waals surface area contributed by atoms with Gasteiger partial charge in [0.25, 0.3) is 5.56 Å². The van der Waals surface area contributed by atoms with E-state index >= 15 is 0 Å². The van der Waals surface area contributed by atoms with Gasteiger partial charge in [0, 0.05) is 26.8 Å². The third kappa shape index (κ3) is 4.88. The van der Waals surface area contributed by atoms with Gasteiger partial charge in [-0.25, -0.2) is 14.4 Å². The molecular weight excluding hydrogens is 526 g/mol. The van der Waals surface area contributed by atoms with Crippen LogP contribution < -0.4 is 21.9 Å². The van der Waals surface area contributed by atoms with E-state index in [1.54, 1.807) is 18.5 Å². The Morgan fingerprint density at radius 3 is 2.34 bits per heavy atom. The van der Waals surface area contributed by atoms with E-state index < -0.39 is 29.3 Å². The average molecular weight is 558 g/mol. The van der Waals surface area contributed by atoms with E-state index in [0.717, 1.165) is 10.1 Å². The molecule has 3 heterocycles. The van der Waals surface area contributed by atoms with E-state index in [0.29, 0.717) is 16.9 Å². The first kappa shape index (κ1) is 27.4. The molecule has 5 rings (SSSR count). The number of imidazole rings is 1. The summed E-state index contributed by atoms with van der Waals surface area (Å²) in [4.78, 5) is 58.9. The average Bonchev–Trinajstić information content (AvgIpc) is 3.32. The van der Waals surface area contributed by atoms with E-state index in [-0.39, 0.29) is 35.8 Å². The van der Waals surface area contributed by atoms with Gasteiger partial charge in [-0.2, -0.15) is 4.98 Å². The first-order chi connectivity index (χ1) is 19.6. The Hall–Kier alpha value is -5.13.